The Bertz CT molecular complexity index is 779. The highest BCUT2D eigenvalue weighted by atomic mass is 16.5. The fourth-order valence-electron chi connectivity index (χ4n) is 3.06. The Balaban J connectivity index is 1.59. The summed E-state index contributed by atoms with van der Waals surface area (Å²) in [7, 11) is 1.61. The van der Waals surface area contributed by atoms with Crippen LogP contribution in [0.25, 0.3) is 6.08 Å². The van der Waals surface area contributed by atoms with E-state index in [0.29, 0.717) is 24.7 Å². The van der Waals surface area contributed by atoms with E-state index < -0.39 is 0 Å². The van der Waals surface area contributed by atoms with Gasteiger partial charge in [-0.15, -0.1) is 0 Å². The number of benzene rings is 2. The van der Waals surface area contributed by atoms with Crippen molar-refractivity contribution in [2.24, 2.45) is 0 Å². The molecule has 0 bridgehead atoms. The molecular formula is C22H25NO3. The van der Waals surface area contributed by atoms with E-state index in [-0.39, 0.29) is 11.3 Å². The highest BCUT2D eigenvalue weighted by Crippen LogP contribution is 2.47. The fourth-order valence-corrected chi connectivity index (χ4v) is 3.06. The third-order valence-electron chi connectivity index (χ3n) is 4.76. The molecule has 4 heteroatoms. The summed E-state index contributed by atoms with van der Waals surface area (Å²) in [6, 6.07) is 16.0. The lowest BCUT2D eigenvalue weighted by atomic mass is 9.96. The fraction of sp³-hybridized carbons (Fsp3) is 0.318. The number of carbonyl (C=O) groups is 1. The van der Waals surface area contributed by atoms with Gasteiger partial charge in [0.1, 0.15) is 0 Å². The maximum absolute atomic E-state index is 12.2. The predicted octanol–water partition coefficient (Wildman–Crippen LogP) is 3.96. The molecule has 1 aliphatic carbocycles. The van der Waals surface area contributed by atoms with E-state index in [1.165, 1.54) is 5.56 Å². The summed E-state index contributed by atoms with van der Waals surface area (Å²) >= 11 is 0. The number of nitrogens with one attached hydrogen (secondary N) is 1. The molecule has 3 rings (SSSR count). The summed E-state index contributed by atoms with van der Waals surface area (Å²) in [6.07, 6.45) is 5.60. The average molecular weight is 351 g/mol. The molecular weight excluding hydrogens is 326 g/mol. The molecule has 1 aliphatic rings. The minimum absolute atomic E-state index is 0.0824. The van der Waals surface area contributed by atoms with Gasteiger partial charge in [-0.3, -0.25) is 4.79 Å². The Morgan fingerprint density at radius 2 is 1.92 bits per heavy atom. The molecule has 0 aromatic heterocycles. The lowest BCUT2D eigenvalue weighted by Crippen LogP contribution is -2.30. The summed E-state index contributed by atoms with van der Waals surface area (Å²) < 4.78 is 10.8. The van der Waals surface area contributed by atoms with Gasteiger partial charge in [0.15, 0.2) is 11.5 Å². The van der Waals surface area contributed by atoms with E-state index >= 15 is 0 Å². The van der Waals surface area contributed by atoms with Crippen molar-refractivity contribution in [3.63, 3.8) is 0 Å². The van der Waals surface area contributed by atoms with E-state index in [2.05, 4.69) is 29.6 Å². The molecule has 0 saturated heterocycles. The van der Waals surface area contributed by atoms with E-state index in [4.69, 9.17) is 9.47 Å². The molecule has 0 aliphatic heterocycles. The van der Waals surface area contributed by atoms with Crippen molar-refractivity contribution in [1.82, 2.24) is 5.32 Å². The molecule has 0 heterocycles. The van der Waals surface area contributed by atoms with Crippen LogP contribution in [0.4, 0.5) is 0 Å². The molecule has 1 saturated carbocycles. The number of ether oxygens (including phenoxy) is 2. The van der Waals surface area contributed by atoms with Crippen molar-refractivity contribution in [2.45, 2.75) is 25.2 Å². The van der Waals surface area contributed by atoms with Crippen LogP contribution in [-0.2, 0) is 10.2 Å². The Morgan fingerprint density at radius 1 is 1.15 bits per heavy atom. The maximum Gasteiger partial charge on any atom is 0.244 e. The minimum atomic E-state index is -0.0824. The SMILES string of the molecule is CCOc1cc(/C=C/C(=O)NCC2(c3ccccc3)CC2)ccc1OC. The van der Waals surface area contributed by atoms with E-state index in [1.54, 1.807) is 19.3 Å². The number of carbonyl (C=O) groups excluding carboxylic acids is 1. The van der Waals surface area contributed by atoms with Crippen LogP contribution >= 0.6 is 0 Å². The summed E-state index contributed by atoms with van der Waals surface area (Å²) in [5.74, 6) is 1.28. The third-order valence-corrected chi connectivity index (χ3v) is 4.76. The van der Waals surface area contributed by atoms with Gasteiger partial charge < -0.3 is 14.8 Å². The molecule has 0 unspecified atom stereocenters. The highest BCUT2D eigenvalue weighted by Gasteiger charge is 2.43. The Hall–Kier alpha value is -2.75. The van der Waals surface area contributed by atoms with Gasteiger partial charge in [-0.05, 0) is 49.1 Å². The largest absolute Gasteiger partial charge is 0.493 e. The zero-order valence-electron chi connectivity index (χ0n) is 15.3. The van der Waals surface area contributed by atoms with Crippen LogP contribution in [0.15, 0.2) is 54.6 Å². The Kier molecular flexibility index (Phi) is 5.61. The van der Waals surface area contributed by atoms with Gasteiger partial charge in [-0.25, -0.2) is 0 Å². The summed E-state index contributed by atoms with van der Waals surface area (Å²) in [5.41, 5.74) is 2.32. The lowest BCUT2D eigenvalue weighted by molar-refractivity contribution is -0.116. The molecule has 1 N–H and O–H groups in total. The maximum atomic E-state index is 12.2. The second-order valence-corrected chi connectivity index (χ2v) is 6.54. The van der Waals surface area contributed by atoms with Crippen LogP contribution in [0.5, 0.6) is 11.5 Å². The highest BCUT2D eigenvalue weighted by molar-refractivity contribution is 5.91. The first kappa shape index (κ1) is 18.1. The quantitative estimate of drug-likeness (QED) is 0.733. The van der Waals surface area contributed by atoms with Crippen LogP contribution in [-0.4, -0.2) is 26.2 Å². The monoisotopic (exact) mass is 351 g/mol. The van der Waals surface area contributed by atoms with Gasteiger partial charge in [0.2, 0.25) is 5.91 Å². The van der Waals surface area contributed by atoms with E-state index in [0.717, 1.165) is 18.4 Å². The van der Waals surface area contributed by atoms with Crippen LogP contribution in [0.1, 0.15) is 30.9 Å². The van der Waals surface area contributed by atoms with Gasteiger partial charge in [-0.2, -0.15) is 0 Å². The summed E-state index contributed by atoms with van der Waals surface area (Å²) in [5, 5.41) is 3.03. The van der Waals surface area contributed by atoms with Crippen molar-refractivity contribution >= 4 is 12.0 Å². The second kappa shape index (κ2) is 8.09. The zero-order valence-corrected chi connectivity index (χ0v) is 15.3. The van der Waals surface area contributed by atoms with E-state index in [1.807, 2.05) is 31.2 Å². The average Bonchev–Trinajstić information content (AvgIpc) is 3.47. The predicted molar refractivity (Wildman–Crippen MR) is 104 cm³/mol. The Morgan fingerprint density at radius 3 is 2.58 bits per heavy atom. The lowest BCUT2D eigenvalue weighted by Gasteiger charge is -2.15. The zero-order chi connectivity index (χ0) is 18.4. The van der Waals surface area contributed by atoms with Crippen LogP contribution in [0.3, 0.4) is 0 Å². The van der Waals surface area contributed by atoms with Crippen molar-refractivity contribution in [3.05, 3.63) is 65.7 Å². The molecule has 1 fully saturated rings. The van der Waals surface area contributed by atoms with Crippen LogP contribution in [0.2, 0.25) is 0 Å². The molecule has 26 heavy (non-hydrogen) atoms. The molecule has 0 radical (unpaired) electrons. The first-order valence-electron chi connectivity index (χ1n) is 8.99. The minimum Gasteiger partial charge on any atom is -0.493 e. The van der Waals surface area contributed by atoms with Crippen LogP contribution < -0.4 is 14.8 Å². The van der Waals surface area contributed by atoms with Crippen molar-refractivity contribution in [2.75, 3.05) is 20.3 Å². The summed E-state index contributed by atoms with van der Waals surface area (Å²) in [4.78, 5) is 12.2. The number of amides is 1. The van der Waals surface area contributed by atoms with Gasteiger partial charge in [0, 0.05) is 18.0 Å². The molecule has 4 nitrogen and oxygen atoms in total. The first-order valence-corrected chi connectivity index (χ1v) is 8.99. The molecule has 0 atom stereocenters. The molecule has 2 aromatic carbocycles. The van der Waals surface area contributed by atoms with Crippen molar-refractivity contribution in [1.29, 1.82) is 0 Å². The standard InChI is InChI=1S/C22H25NO3/c1-3-26-20-15-17(9-11-19(20)25-2)10-12-21(24)23-16-22(13-14-22)18-7-5-4-6-8-18/h4-12,15H,3,13-14,16H2,1-2H3,(H,23,24)/b12-10+. The third kappa shape index (κ3) is 4.26. The number of hydrogen-bond acceptors (Lipinski definition) is 3. The number of rotatable bonds is 8. The van der Waals surface area contributed by atoms with Gasteiger partial charge in [-0.1, -0.05) is 36.4 Å². The van der Waals surface area contributed by atoms with Crippen molar-refractivity contribution < 1.29 is 14.3 Å². The van der Waals surface area contributed by atoms with Gasteiger partial charge in [0.25, 0.3) is 0 Å². The van der Waals surface area contributed by atoms with Gasteiger partial charge >= 0.3 is 0 Å². The summed E-state index contributed by atoms with van der Waals surface area (Å²) in [6.45, 7) is 3.16. The molecule has 136 valence electrons. The topological polar surface area (TPSA) is 47.6 Å². The number of hydrogen-bond donors (Lipinski definition) is 1. The number of methoxy groups -OCH3 is 1. The molecule has 2 aromatic rings. The van der Waals surface area contributed by atoms with E-state index in [9.17, 15) is 4.79 Å². The second-order valence-electron chi connectivity index (χ2n) is 6.54. The van der Waals surface area contributed by atoms with Crippen LogP contribution in [0, 0.1) is 0 Å². The molecule has 0 spiro atoms. The smallest absolute Gasteiger partial charge is 0.244 e. The first-order chi connectivity index (χ1) is 12.7. The van der Waals surface area contributed by atoms with Gasteiger partial charge in [0.05, 0.1) is 13.7 Å². The molecule has 1 amide bonds. The Labute approximate surface area is 154 Å². The normalized spacial score (nSPS) is 14.8. The van der Waals surface area contributed by atoms with Crippen molar-refractivity contribution in [3.8, 4) is 11.5 Å².